The summed E-state index contributed by atoms with van der Waals surface area (Å²) < 4.78 is 0. The number of aliphatic hydroxyl groups is 1. The van der Waals surface area contributed by atoms with E-state index in [1.807, 2.05) is 55.5 Å². The largest absolute Gasteiger partial charge is 0.388 e. The van der Waals surface area contributed by atoms with Gasteiger partial charge in [-0.2, -0.15) is 0 Å². The van der Waals surface area contributed by atoms with Crippen LogP contribution in [0, 0.1) is 18.8 Å². The minimum absolute atomic E-state index is 0.0225. The van der Waals surface area contributed by atoms with Crippen LogP contribution in [-0.2, 0) is 4.79 Å². The maximum atomic E-state index is 11.0. The van der Waals surface area contributed by atoms with Gasteiger partial charge in [-0.15, -0.1) is 0 Å². The average molecular weight is 278 g/mol. The first-order valence-electron chi connectivity index (χ1n) is 6.91. The van der Waals surface area contributed by atoms with Crippen LogP contribution in [0.5, 0.6) is 0 Å². The van der Waals surface area contributed by atoms with Gasteiger partial charge in [0.15, 0.2) is 0 Å². The molecule has 0 fully saturated rings. The summed E-state index contributed by atoms with van der Waals surface area (Å²) in [4.78, 5) is 11.0. The van der Waals surface area contributed by atoms with E-state index in [4.69, 9.17) is 0 Å². The highest BCUT2D eigenvalue weighted by atomic mass is 16.3. The number of hydrogen-bond acceptors (Lipinski definition) is 2. The Bertz CT molecular complexity index is 670. The van der Waals surface area contributed by atoms with Gasteiger partial charge in [0.1, 0.15) is 5.78 Å². The van der Waals surface area contributed by atoms with Crippen molar-refractivity contribution in [2.45, 2.75) is 26.4 Å². The van der Waals surface area contributed by atoms with Crippen LogP contribution in [0.25, 0.3) is 0 Å². The molecule has 21 heavy (non-hydrogen) atoms. The van der Waals surface area contributed by atoms with E-state index in [9.17, 15) is 9.90 Å². The highest BCUT2D eigenvalue weighted by Crippen LogP contribution is 2.17. The van der Waals surface area contributed by atoms with Crippen molar-refractivity contribution in [2.75, 3.05) is 0 Å². The Kier molecular flexibility index (Phi) is 4.92. The lowest BCUT2D eigenvalue weighted by atomic mass is 10.0. The minimum atomic E-state index is -0.735. The van der Waals surface area contributed by atoms with Gasteiger partial charge < -0.3 is 5.11 Å². The van der Waals surface area contributed by atoms with Crippen LogP contribution in [0.3, 0.4) is 0 Å². The predicted octanol–water partition coefficient (Wildman–Crippen LogP) is 3.41. The molecule has 0 heterocycles. The Morgan fingerprint density at radius 3 is 1.95 bits per heavy atom. The molecule has 1 atom stereocenters. The third-order valence-electron chi connectivity index (χ3n) is 3.18. The van der Waals surface area contributed by atoms with Crippen molar-refractivity contribution < 1.29 is 9.90 Å². The number of Topliss-reactive ketones (excluding diaryl/α,β-unsaturated/α-hetero) is 1. The van der Waals surface area contributed by atoms with Crippen molar-refractivity contribution in [2.24, 2.45) is 0 Å². The molecular weight excluding hydrogens is 260 g/mol. The number of ketones is 1. The number of aliphatic hydroxyl groups excluding tert-OH is 1. The van der Waals surface area contributed by atoms with Gasteiger partial charge in [-0.25, -0.2) is 0 Å². The molecule has 2 aromatic rings. The Morgan fingerprint density at radius 2 is 1.48 bits per heavy atom. The molecule has 1 N–H and O–H groups in total. The molecular formula is C19H18O2. The standard InChI is InChI=1S/C19H18O2/c1-14-3-5-16(6-4-14)7-8-17-9-11-18(12-10-17)19(21)13-15(2)20/h3-6,9-12,19,21H,13H2,1-2H3. The molecule has 2 nitrogen and oxygen atoms in total. The monoisotopic (exact) mass is 278 g/mol. The van der Waals surface area contributed by atoms with Gasteiger partial charge in [0.05, 0.1) is 6.10 Å². The number of rotatable bonds is 3. The average Bonchev–Trinajstić information content (AvgIpc) is 2.46. The van der Waals surface area contributed by atoms with Crippen molar-refractivity contribution in [3.05, 3.63) is 70.8 Å². The highest BCUT2D eigenvalue weighted by molar-refractivity contribution is 5.76. The van der Waals surface area contributed by atoms with E-state index in [1.54, 1.807) is 0 Å². The summed E-state index contributed by atoms with van der Waals surface area (Å²) in [5.74, 6) is 6.17. The number of carbonyl (C=O) groups excluding carboxylic acids is 1. The highest BCUT2D eigenvalue weighted by Gasteiger charge is 2.09. The molecule has 0 amide bonds. The van der Waals surface area contributed by atoms with Gasteiger partial charge in [-0.1, -0.05) is 41.7 Å². The fraction of sp³-hybridized carbons (Fsp3) is 0.211. The molecule has 2 aromatic carbocycles. The fourth-order valence-electron chi connectivity index (χ4n) is 1.96. The molecule has 0 bridgehead atoms. The Balaban J connectivity index is 2.09. The van der Waals surface area contributed by atoms with Crippen molar-refractivity contribution in [3.8, 4) is 11.8 Å². The van der Waals surface area contributed by atoms with E-state index >= 15 is 0 Å². The van der Waals surface area contributed by atoms with Crippen molar-refractivity contribution in [1.82, 2.24) is 0 Å². The van der Waals surface area contributed by atoms with Crippen molar-refractivity contribution in [3.63, 3.8) is 0 Å². The summed E-state index contributed by atoms with van der Waals surface area (Å²) in [5, 5.41) is 9.86. The van der Waals surface area contributed by atoms with Crippen LogP contribution in [0.2, 0.25) is 0 Å². The summed E-state index contributed by atoms with van der Waals surface area (Å²) in [7, 11) is 0. The number of benzene rings is 2. The second-order valence-corrected chi connectivity index (χ2v) is 5.16. The van der Waals surface area contributed by atoms with E-state index in [1.165, 1.54) is 12.5 Å². The molecule has 0 aliphatic heterocycles. The summed E-state index contributed by atoms with van der Waals surface area (Å²) in [6, 6.07) is 15.4. The third kappa shape index (κ3) is 4.59. The smallest absolute Gasteiger partial charge is 0.132 e. The summed E-state index contributed by atoms with van der Waals surface area (Å²) in [6.45, 7) is 3.52. The normalized spacial score (nSPS) is 11.4. The Morgan fingerprint density at radius 1 is 1.00 bits per heavy atom. The first-order chi connectivity index (χ1) is 10.0. The number of carbonyl (C=O) groups is 1. The lowest BCUT2D eigenvalue weighted by Crippen LogP contribution is -2.02. The van der Waals surface area contributed by atoms with Gasteiger partial charge in [-0.05, 0) is 43.7 Å². The van der Waals surface area contributed by atoms with Crippen LogP contribution in [-0.4, -0.2) is 10.9 Å². The number of hydrogen-bond donors (Lipinski definition) is 1. The molecule has 2 rings (SSSR count). The van der Waals surface area contributed by atoms with E-state index in [0.717, 1.165) is 16.7 Å². The topological polar surface area (TPSA) is 37.3 Å². The molecule has 0 saturated carbocycles. The zero-order valence-electron chi connectivity index (χ0n) is 12.3. The SMILES string of the molecule is CC(=O)CC(O)c1ccc(C#Cc2ccc(C)cc2)cc1. The summed E-state index contributed by atoms with van der Waals surface area (Å²) >= 11 is 0. The van der Waals surface area contributed by atoms with Crippen LogP contribution in [0.15, 0.2) is 48.5 Å². The van der Waals surface area contributed by atoms with Crippen molar-refractivity contribution in [1.29, 1.82) is 0 Å². The molecule has 0 spiro atoms. The third-order valence-corrected chi connectivity index (χ3v) is 3.18. The second kappa shape index (κ2) is 6.88. The van der Waals surface area contributed by atoms with Gasteiger partial charge in [0.25, 0.3) is 0 Å². The first kappa shape index (κ1) is 15.0. The maximum absolute atomic E-state index is 11.0. The summed E-state index contributed by atoms with van der Waals surface area (Å²) in [6.07, 6.45) is -0.587. The quantitative estimate of drug-likeness (QED) is 0.874. The zero-order chi connectivity index (χ0) is 15.2. The molecule has 106 valence electrons. The molecule has 0 saturated heterocycles. The van der Waals surface area contributed by atoms with Gasteiger partial charge in [0.2, 0.25) is 0 Å². The predicted molar refractivity (Wildman–Crippen MR) is 83.9 cm³/mol. The van der Waals surface area contributed by atoms with Gasteiger partial charge in [-0.3, -0.25) is 4.79 Å². The molecule has 0 aromatic heterocycles. The van der Waals surface area contributed by atoms with E-state index in [0.29, 0.717) is 0 Å². The van der Waals surface area contributed by atoms with Crippen LogP contribution < -0.4 is 0 Å². The Labute approximate surface area is 125 Å². The molecule has 0 aliphatic rings. The number of aryl methyl sites for hydroxylation is 1. The second-order valence-electron chi connectivity index (χ2n) is 5.16. The lowest BCUT2D eigenvalue weighted by molar-refractivity contribution is -0.118. The van der Waals surface area contributed by atoms with Crippen LogP contribution in [0.1, 0.15) is 41.7 Å². The van der Waals surface area contributed by atoms with Crippen LogP contribution >= 0.6 is 0 Å². The van der Waals surface area contributed by atoms with Gasteiger partial charge in [0, 0.05) is 17.5 Å². The Hall–Kier alpha value is -2.37. The fourth-order valence-corrected chi connectivity index (χ4v) is 1.96. The van der Waals surface area contributed by atoms with E-state index in [-0.39, 0.29) is 12.2 Å². The van der Waals surface area contributed by atoms with E-state index < -0.39 is 6.10 Å². The van der Waals surface area contributed by atoms with Crippen LogP contribution in [0.4, 0.5) is 0 Å². The zero-order valence-corrected chi connectivity index (χ0v) is 12.3. The molecule has 0 aliphatic carbocycles. The maximum Gasteiger partial charge on any atom is 0.132 e. The molecule has 1 unspecified atom stereocenters. The minimum Gasteiger partial charge on any atom is -0.388 e. The van der Waals surface area contributed by atoms with Crippen molar-refractivity contribution >= 4 is 5.78 Å². The molecule has 0 radical (unpaired) electrons. The molecule has 2 heteroatoms. The summed E-state index contributed by atoms with van der Waals surface area (Å²) in [5.41, 5.74) is 3.81. The van der Waals surface area contributed by atoms with Gasteiger partial charge >= 0.3 is 0 Å². The van der Waals surface area contributed by atoms with E-state index in [2.05, 4.69) is 11.8 Å². The lowest BCUT2D eigenvalue weighted by Gasteiger charge is -2.08. The first-order valence-corrected chi connectivity index (χ1v) is 6.91.